The number of ether oxygens (including phenoxy) is 2. The van der Waals surface area contributed by atoms with E-state index in [2.05, 4.69) is 18.2 Å². The molecule has 32 heavy (non-hydrogen) atoms. The van der Waals surface area contributed by atoms with E-state index in [9.17, 15) is 9.59 Å². The lowest BCUT2D eigenvalue weighted by Gasteiger charge is -2.22. The molecule has 1 amide bonds. The minimum Gasteiger partial charge on any atom is -0.464 e. The monoisotopic (exact) mass is 451 g/mol. The van der Waals surface area contributed by atoms with E-state index in [4.69, 9.17) is 15.9 Å². The Morgan fingerprint density at radius 2 is 1.25 bits per heavy atom. The highest BCUT2D eigenvalue weighted by molar-refractivity contribution is 5.81. The van der Waals surface area contributed by atoms with E-state index in [-0.39, 0.29) is 12.5 Å². The van der Waals surface area contributed by atoms with Crippen molar-refractivity contribution in [3.63, 3.8) is 0 Å². The van der Waals surface area contributed by atoms with E-state index >= 15 is 0 Å². The summed E-state index contributed by atoms with van der Waals surface area (Å²) in [6.07, 6.45) is 24.6. The van der Waals surface area contributed by atoms with Crippen LogP contribution in [0.15, 0.2) is 0 Å². The van der Waals surface area contributed by atoms with Crippen LogP contribution in [0.25, 0.3) is 0 Å². The van der Waals surface area contributed by atoms with Crippen molar-refractivity contribution in [3.05, 3.63) is 0 Å². The molecule has 0 bridgehead atoms. The highest BCUT2D eigenvalue weighted by Crippen LogP contribution is 2.14. The van der Waals surface area contributed by atoms with Gasteiger partial charge in [0.2, 0.25) is 0 Å². The van der Waals surface area contributed by atoms with Crippen LogP contribution in [0.1, 0.15) is 124 Å². The molecule has 0 aromatic carbocycles. The quantitative estimate of drug-likeness (QED) is 0.114. The van der Waals surface area contributed by atoms with Gasteiger partial charge in [0.1, 0.15) is 6.04 Å². The number of hydrogen-bond acceptors (Lipinski definition) is 4. The van der Waals surface area contributed by atoms with E-state index in [1.54, 1.807) is 0 Å². The second-order valence-corrected chi connectivity index (χ2v) is 8.91. The fourth-order valence-corrected chi connectivity index (χ4v) is 3.68. The molecule has 186 valence electrons. The molecule has 0 saturated carbocycles. The molecule has 0 radical (unpaired) electrons. The van der Waals surface area contributed by atoms with Crippen molar-refractivity contribution in [1.82, 2.24) is 5.32 Å². The van der Waals surface area contributed by atoms with Crippen molar-refractivity contribution < 1.29 is 19.1 Å². The van der Waals surface area contributed by atoms with Gasteiger partial charge in [0.05, 0.1) is 6.61 Å². The zero-order valence-electron chi connectivity index (χ0n) is 21.1. The molecule has 0 spiro atoms. The van der Waals surface area contributed by atoms with Gasteiger partial charge in [-0.25, -0.2) is 9.59 Å². The summed E-state index contributed by atoms with van der Waals surface area (Å²) in [5, 5.41) is 2.58. The number of carbonyl (C=O) groups excluding carboxylic acids is 2. The summed E-state index contributed by atoms with van der Waals surface area (Å²) in [4.78, 5) is 24.1. The van der Waals surface area contributed by atoms with Crippen molar-refractivity contribution in [1.29, 1.82) is 0 Å². The average molecular weight is 452 g/mol. The Hall–Kier alpha value is -1.70. The zero-order valence-corrected chi connectivity index (χ0v) is 21.1. The molecule has 0 rings (SSSR count). The van der Waals surface area contributed by atoms with Crippen LogP contribution in [-0.4, -0.2) is 31.3 Å². The highest BCUT2D eigenvalue weighted by Gasteiger charge is 2.27. The average Bonchev–Trinajstić information content (AvgIpc) is 2.80. The second kappa shape index (κ2) is 22.5. The minimum absolute atomic E-state index is 0.0399. The molecule has 2 unspecified atom stereocenters. The van der Waals surface area contributed by atoms with Crippen LogP contribution in [0.3, 0.4) is 0 Å². The first-order valence-corrected chi connectivity index (χ1v) is 13.1. The number of amides is 1. The third-order valence-corrected chi connectivity index (χ3v) is 6.02. The summed E-state index contributed by atoms with van der Waals surface area (Å²) >= 11 is 0. The van der Waals surface area contributed by atoms with E-state index in [0.717, 1.165) is 19.3 Å². The zero-order chi connectivity index (χ0) is 23.9. The number of carbonyl (C=O) groups is 2. The molecule has 5 heteroatoms. The number of esters is 1. The van der Waals surface area contributed by atoms with Crippen molar-refractivity contribution in [3.8, 4) is 12.3 Å². The van der Waals surface area contributed by atoms with Crippen LogP contribution in [0.2, 0.25) is 0 Å². The van der Waals surface area contributed by atoms with Gasteiger partial charge < -0.3 is 14.8 Å². The first kappa shape index (κ1) is 30.3. The van der Waals surface area contributed by atoms with Gasteiger partial charge in [-0.1, -0.05) is 123 Å². The first-order valence-electron chi connectivity index (χ1n) is 13.1. The lowest BCUT2D eigenvalue weighted by Crippen LogP contribution is -2.46. The van der Waals surface area contributed by atoms with Gasteiger partial charge in [-0.15, -0.1) is 6.42 Å². The van der Waals surface area contributed by atoms with Crippen LogP contribution < -0.4 is 5.32 Å². The van der Waals surface area contributed by atoms with Gasteiger partial charge in [0, 0.05) is 0 Å². The molecular weight excluding hydrogens is 402 g/mol. The molecular formula is C27H49NO4. The third-order valence-electron chi connectivity index (χ3n) is 6.02. The summed E-state index contributed by atoms with van der Waals surface area (Å²) in [6.45, 7) is 6.41. The third kappa shape index (κ3) is 17.9. The van der Waals surface area contributed by atoms with E-state index in [0.29, 0.717) is 6.61 Å². The molecule has 2 atom stereocenters. The predicted octanol–water partition coefficient (Wildman–Crippen LogP) is 7.18. The molecule has 1 N–H and O–H groups in total. The molecule has 0 aliphatic rings. The molecule has 0 saturated heterocycles. The Bertz CT molecular complexity index is 500. The first-order chi connectivity index (χ1) is 15.6. The predicted molar refractivity (Wildman–Crippen MR) is 132 cm³/mol. The van der Waals surface area contributed by atoms with Crippen molar-refractivity contribution in [2.75, 3.05) is 13.2 Å². The van der Waals surface area contributed by atoms with Crippen molar-refractivity contribution in [2.24, 2.45) is 5.92 Å². The van der Waals surface area contributed by atoms with Crippen molar-refractivity contribution in [2.45, 2.75) is 130 Å². The van der Waals surface area contributed by atoms with E-state index < -0.39 is 18.1 Å². The molecule has 0 fully saturated rings. The number of unbranched alkanes of at least 4 members (excludes halogenated alkanes) is 14. The van der Waals surface area contributed by atoms with Gasteiger partial charge in [-0.3, -0.25) is 0 Å². The maximum absolute atomic E-state index is 12.4. The van der Waals surface area contributed by atoms with Gasteiger partial charge in [0.25, 0.3) is 0 Å². The Balaban J connectivity index is 3.67. The molecule has 0 aliphatic heterocycles. The fraction of sp³-hybridized carbons (Fsp3) is 0.852. The van der Waals surface area contributed by atoms with Gasteiger partial charge in [-0.05, 0) is 12.3 Å². The smallest absolute Gasteiger partial charge is 0.408 e. The fourth-order valence-electron chi connectivity index (χ4n) is 3.68. The molecule has 5 nitrogen and oxygen atoms in total. The minimum atomic E-state index is -0.707. The standard InChI is InChI=1S/C27H49NO4/c1-5-8-9-10-11-12-13-14-15-16-17-18-19-20-21-23-31-26(29)25(24(4)7-3)28-27(30)32-22-6-2/h2,24-25H,5,7-23H2,1,3-4H3,(H,28,30). The highest BCUT2D eigenvalue weighted by atomic mass is 16.6. The maximum Gasteiger partial charge on any atom is 0.408 e. The van der Waals surface area contributed by atoms with Crippen LogP contribution in [0.4, 0.5) is 4.79 Å². The van der Waals surface area contributed by atoms with Crippen molar-refractivity contribution >= 4 is 12.1 Å². The molecule has 0 heterocycles. The Morgan fingerprint density at radius 3 is 1.69 bits per heavy atom. The molecule has 0 aliphatic carbocycles. The van der Waals surface area contributed by atoms with E-state index in [1.165, 1.54) is 83.5 Å². The second-order valence-electron chi connectivity index (χ2n) is 8.91. The lowest BCUT2D eigenvalue weighted by molar-refractivity contribution is -0.147. The van der Waals surface area contributed by atoms with Gasteiger partial charge in [-0.2, -0.15) is 0 Å². The summed E-state index contributed by atoms with van der Waals surface area (Å²) < 4.78 is 10.2. The van der Waals surface area contributed by atoms with Crippen LogP contribution >= 0.6 is 0 Å². The normalized spacial score (nSPS) is 12.6. The topological polar surface area (TPSA) is 64.6 Å². The number of nitrogens with one attached hydrogen (secondary N) is 1. The molecule has 0 aromatic rings. The van der Waals surface area contributed by atoms with Crippen LogP contribution in [0.5, 0.6) is 0 Å². The summed E-state index contributed by atoms with van der Waals surface area (Å²) in [5.74, 6) is 1.79. The maximum atomic E-state index is 12.4. The summed E-state index contributed by atoms with van der Waals surface area (Å²) in [5.41, 5.74) is 0. The summed E-state index contributed by atoms with van der Waals surface area (Å²) in [7, 11) is 0. The molecule has 0 aromatic heterocycles. The lowest BCUT2D eigenvalue weighted by atomic mass is 9.99. The number of rotatable bonds is 21. The summed E-state index contributed by atoms with van der Waals surface area (Å²) in [6, 6.07) is -0.707. The Kier molecular flexibility index (Phi) is 21.3. The largest absolute Gasteiger partial charge is 0.464 e. The SMILES string of the molecule is C#CCOC(=O)NC(C(=O)OCCCCCCCCCCCCCCCCC)C(C)CC. The number of hydrogen-bond donors (Lipinski definition) is 1. The number of terminal acetylenes is 1. The Morgan fingerprint density at radius 1 is 0.781 bits per heavy atom. The van der Waals surface area contributed by atoms with E-state index in [1.807, 2.05) is 13.8 Å². The van der Waals surface area contributed by atoms with Gasteiger partial charge >= 0.3 is 12.1 Å². The van der Waals surface area contributed by atoms with Crippen LogP contribution in [0, 0.1) is 18.3 Å². The number of alkyl carbamates (subject to hydrolysis) is 1. The van der Waals surface area contributed by atoms with Crippen LogP contribution in [-0.2, 0) is 14.3 Å². The Labute approximate surface area is 197 Å². The van der Waals surface area contributed by atoms with Gasteiger partial charge in [0.15, 0.2) is 6.61 Å².